The molecule has 0 aromatic rings. The second kappa shape index (κ2) is 8.23. The fourth-order valence-electron chi connectivity index (χ4n) is 2.36. The van der Waals surface area contributed by atoms with Crippen LogP contribution in [-0.4, -0.2) is 25.3 Å². The predicted octanol–water partition coefficient (Wildman–Crippen LogP) is 1.24. The smallest absolute Gasteiger partial charge is 0.220 e. The van der Waals surface area contributed by atoms with Gasteiger partial charge < -0.3 is 15.8 Å². The van der Waals surface area contributed by atoms with Gasteiger partial charge in [0.1, 0.15) is 6.29 Å². The van der Waals surface area contributed by atoms with Gasteiger partial charge in [-0.3, -0.25) is 4.79 Å². The van der Waals surface area contributed by atoms with Crippen molar-refractivity contribution in [3.05, 3.63) is 0 Å². The zero-order valence-electron chi connectivity index (χ0n) is 10.5. The van der Waals surface area contributed by atoms with Gasteiger partial charge in [0.15, 0.2) is 0 Å². The lowest BCUT2D eigenvalue weighted by atomic mass is 9.82. The topological polar surface area (TPSA) is 72.2 Å². The molecule has 0 heterocycles. The SMILES string of the molecule is NCC1CCC(CNC(=O)CCCC=O)CC1. The Morgan fingerprint density at radius 2 is 1.88 bits per heavy atom. The second-order valence-electron chi connectivity index (χ2n) is 4.99. The molecule has 1 aliphatic carbocycles. The Morgan fingerprint density at radius 1 is 1.24 bits per heavy atom. The fraction of sp³-hybridized carbons (Fsp3) is 0.846. The van der Waals surface area contributed by atoms with Crippen LogP contribution in [0.4, 0.5) is 0 Å². The quantitative estimate of drug-likeness (QED) is 0.519. The molecule has 4 heteroatoms. The average molecular weight is 240 g/mol. The van der Waals surface area contributed by atoms with Crippen molar-refractivity contribution in [2.75, 3.05) is 13.1 Å². The molecule has 0 spiro atoms. The van der Waals surface area contributed by atoms with Crippen LogP contribution in [0.5, 0.6) is 0 Å². The molecule has 1 amide bonds. The van der Waals surface area contributed by atoms with E-state index in [-0.39, 0.29) is 5.91 Å². The summed E-state index contributed by atoms with van der Waals surface area (Å²) in [5.74, 6) is 1.38. The first kappa shape index (κ1) is 14.2. The zero-order chi connectivity index (χ0) is 12.5. The zero-order valence-corrected chi connectivity index (χ0v) is 10.5. The highest BCUT2D eigenvalue weighted by Crippen LogP contribution is 2.27. The van der Waals surface area contributed by atoms with Gasteiger partial charge >= 0.3 is 0 Å². The summed E-state index contributed by atoms with van der Waals surface area (Å²) in [6.07, 6.45) is 7.22. The standard InChI is InChI=1S/C13H24N2O2/c14-9-11-4-6-12(7-5-11)10-15-13(17)3-1-2-8-16/h8,11-12H,1-7,9-10,14H2,(H,15,17). The Labute approximate surface area is 103 Å². The van der Waals surface area contributed by atoms with Crippen molar-refractivity contribution in [3.63, 3.8) is 0 Å². The largest absolute Gasteiger partial charge is 0.356 e. The lowest BCUT2D eigenvalue weighted by molar-refractivity contribution is -0.121. The van der Waals surface area contributed by atoms with Gasteiger partial charge in [0.25, 0.3) is 0 Å². The van der Waals surface area contributed by atoms with Gasteiger partial charge in [0, 0.05) is 19.4 Å². The predicted molar refractivity (Wildman–Crippen MR) is 67.4 cm³/mol. The van der Waals surface area contributed by atoms with Gasteiger partial charge in [0.05, 0.1) is 0 Å². The molecule has 0 saturated heterocycles. The third-order valence-corrected chi connectivity index (χ3v) is 3.61. The van der Waals surface area contributed by atoms with E-state index in [1.165, 1.54) is 25.7 Å². The molecule has 1 aliphatic rings. The highest BCUT2D eigenvalue weighted by Gasteiger charge is 2.20. The summed E-state index contributed by atoms with van der Waals surface area (Å²) in [5.41, 5.74) is 5.64. The molecule has 4 nitrogen and oxygen atoms in total. The first-order valence-electron chi connectivity index (χ1n) is 6.66. The summed E-state index contributed by atoms with van der Waals surface area (Å²) in [5, 5.41) is 2.96. The van der Waals surface area contributed by atoms with Gasteiger partial charge in [0.2, 0.25) is 5.91 Å². The van der Waals surface area contributed by atoms with Crippen LogP contribution in [0.15, 0.2) is 0 Å². The van der Waals surface area contributed by atoms with Crippen molar-refractivity contribution < 1.29 is 9.59 Å². The molecule has 0 aromatic carbocycles. The van der Waals surface area contributed by atoms with Crippen molar-refractivity contribution in [2.24, 2.45) is 17.6 Å². The van der Waals surface area contributed by atoms with Crippen molar-refractivity contribution in [1.29, 1.82) is 0 Å². The molecule has 17 heavy (non-hydrogen) atoms. The maximum atomic E-state index is 11.4. The minimum atomic E-state index is 0.0767. The summed E-state index contributed by atoms with van der Waals surface area (Å²) in [4.78, 5) is 21.5. The van der Waals surface area contributed by atoms with E-state index < -0.39 is 0 Å². The third kappa shape index (κ3) is 5.82. The molecular formula is C13H24N2O2. The Kier molecular flexibility index (Phi) is 6.86. The minimum absolute atomic E-state index is 0.0767. The number of unbranched alkanes of at least 4 members (excludes halogenated alkanes) is 1. The lowest BCUT2D eigenvalue weighted by Gasteiger charge is -2.27. The fourth-order valence-corrected chi connectivity index (χ4v) is 2.36. The number of nitrogens with one attached hydrogen (secondary N) is 1. The summed E-state index contributed by atoms with van der Waals surface area (Å²) in [6.45, 7) is 1.59. The van der Waals surface area contributed by atoms with E-state index in [2.05, 4.69) is 5.32 Å². The van der Waals surface area contributed by atoms with Crippen LogP contribution in [0, 0.1) is 11.8 Å². The minimum Gasteiger partial charge on any atom is -0.356 e. The first-order chi connectivity index (χ1) is 8.26. The van der Waals surface area contributed by atoms with E-state index in [0.717, 1.165) is 19.4 Å². The number of hydrogen-bond acceptors (Lipinski definition) is 3. The van der Waals surface area contributed by atoms with E-state index in [0.29, 0.717) is 31.1 Å². The number of aldehydes is 1. The lowest BCUT2D eigenvalue weighted by Crippen LogP contribution is -2.32. The number of nitrogens with two attached hydrogens (primary N) is 1. The maximum Gasteiger partial charge on any atom is 0.220 e. The average Bonchev–Trinajstić information content (AvgIpc) is 2.37. The van der Waals surface area contributed by atoms with Crippen LogP contribution < -0.4 is 11.1 Å². The number of hydrogen-bond donors (Lipinski definition) is 2. The van der Waals surface area contributed by atoms with Crippen LogP contribution in [-0.2, 0) is 9.59 Å². The number of carbonyl (C=O) groups excluding carboxylic acids is 2. The summed E-state index contributed by atoms with van der Waals surface area (Å²) in [7, 11) is 0. The van der Waals surface area contributed by atoms with Crippen molar-refractivity contribution in [3.8, 4) is 0 Å². The second-order valence-corrected chi connectivity index (χ2v) is 4.99. The molecule has 0 radical (unpaired) electrons. The summed E-state index contributed by atoms with van der Waals surface area (Å²) in [6, 6.07) is 0. The van der Waals surface area contributed by atoms with Crippen molar-refractivity contribution >= 4 is 12.2 Å². The van der Waals surface area contributed by atoms with Gasteiger partial charge in [-0.25, -0.2) is 0 Å². The van der Waals surface area contributed by atoms with Gasteiger partial charge in [-0.05, 0) is 50.5 Å². The van der Waals surface area contributed by atoms with Crippen LogP contribution in [0.2, 0.25) is 0 Å². The molecule has 0 unspecified atom stereocenters. The molecule has 0 bridgehead atoms. The normalized spacial score (nSPS) is 24.3. The van der Waals surface area contributed by atoms with Gasteiger partial charge in [-0.15, -0.1) is 0 Å². The first-order valence-corrected chi connectivity index (χ1v) is 6.66. The van der Waals surface area contributed by atoms with E-state index in [9.17, 15) is 9.59 Å². The number of carbonyl (C=O) groups is 2. The van der Waals surface area contributed by atoms with E-state index in [1.807, 2.05) is 0 Å². The summed E-state index contributed by atoms with van der Waals surface area (Å²) >= 11 is 0. The molecule has 3 N–H and O–H groups in total. The highest BCUT2D eigenvalue weighted by atomic mass is 16.1. The molecule has 98 valence electrons. The van der Waals surface area contributed by atoms with E-state index in [1.54, 1.807) is 0 Å². The van der Waals surface area contributed by atoms with Crippen LogP contribution in [0.3, 0.4) is 0 Å². The third-order valence-electron chi connectivity index (χ3n) is 3.61. The van der Waals surface area contributed by atoms with Gasteiger partial charge in [-0.2, -0.15) is 0 Å². The van der Waals surface area contributed by atoms with Crippen LogP contribution in [0.1, 0.15) is 44.9 Å². The Balaban J connectivity index is 2.06. The Bertz CT molecular complexity index is 236. The molecule has 0 aliphatic heterocycles. The van der Waals surface area contributed by atoms with Crippen molar-refractivity contribution in [2.45, 2.75) is 44.9 Å². The van der Waals surface area contributed by atoms with Gasteiger partial charge in [-0.1, -0.05) is 0 Å². The maximum absolute atomic E-state index is 11.4. The Hall–Kier alpha value is -0.900. The highest BCUT2D eigenvalue weighted by molar-refractivity contribution is 5.76. The van der Waals surface area contributed by atoms with Crippen LogP contribution in [0.25, 0.3) is 0 Å². The molecule has 0 aromatic heterocycles. The van der Waals surface area contributed by atoms with Crippen LogP contribution >= 0.6 is 0 Å². The number of rotatable bonds is 7. The summed E-state index contributed by atoms with van der Waals surface area (Å²) < 4.78 is 0. The molecular weight excluding hydrogens is 216 g/mol. The van der Waals surface area contributed by atoms with E-state index in [4.69, 9.17) is 5.73 Å². The number of amides is 1. The molecule has 1 saturated carbocycles. The van der Waals surface area contributed by atoms with E-state index >= 15 is 0 Å². The monoisotopic (exact) mass is 240 g/mol. The van der Waals surface area contributed by atoms with Crippen molar-refractivity contribution in [1.82, 2.24) is 5.32 Å². The molecule has 1 rings (SSSR count). The Morgan fingerprint density at radius 3 is 2.47 bits per heavy atom. The molecule has 1 fully saturated rings. The molecule has 0 atom stereocenters.